The second kappa shape index (κ2) is 3.77. The Labute approximate surface area is 83.6 Å². The SMILES string of the molecule is CNC1Cc2scc(C)c2C1.Cl. The molecule has 1 aliphatic rings. The summed E-state index contributed by atoms with van der Waals surface area (Å²) in [5.41, 5.74) is 3.09. The predicted octanol–water partition coefficient (Wildman–Crippen LogP) is 2.16. The van der Waals surface area contributed by atoms with Crippen LogP contribution in [0, 0.1) is 6.92 Å². The van der Waals surface area contributed by atoms with Crippen LogP contribution in [-0.4, -0.2) is 13.1 Å². The molecule has 1 heterocycles. The van der Waals surface area contributed by atoms with E-state index in [1.807, 2.05) is 11.3 Å². The molecular formula is C9H14ClNS. The van der Waals surface area contributed by atoms with Gasteiger partial charge in [-0.3, -0.25) is 0 Å². The normalized spacial score (nSPS) is 20.3. The number of nitrogens with one attached hydrogen (secondary N) is 1. The highest BCUT2D eigenvalue weighted by atomic mass is 35.5. The molecule has 0 aliphatic heterocycles. The third kappa shape index (κ3) is 1.51. The maximum Gasteiger partial charge on any atom is 0.0153 e. The van der Waals surface area contributed by atoms with Crippen molar-refractivity contribution in [2.24, 2.45) is 0 Å². The van der Waals surface area contributed by atoms with Gasteiger partial charge in [0.05, 0.1) is 0 Å². The molecule has 0 fully saturated rings. The molecule has 0 aromatic carbocycles. The molecule has 2 rings (SSSR count). The van der Waals surface area contributed by atoms with E-state index >= 15 is 0 Å². The lowest BCUT2D eigenvalue weighted by Crippen LogP contribution is -2.25. The summed E-state index contributed by atoms with van der Waals surface area (Å²) in [6.45, 7) is 2.22. The lowest BCUT2D eigenvalue weighted by atomic mass is 10.1. The Morgan fingerprint density at radius 3 is 2.83 bits per heavy atom. The van der Waals surface area contributed by atoms with Gasteiger partial charge in [0.15, 0.2) is 0 Å². The highest BCUT2D eigenvalue weighted by Crippen LogP contribution is 2.30. The Morgan fingerprint density at radius 1 is 1.50 bits per heavy atom. The first kappa shape index (κ1) is 10.0. The van der Waals surface area contributed by atoms with E-state index in [-0.39, 0.29) is 12.4 Å². The van der Waals surface area contributed by atoms with Gasteiger partial charge in [-0.25, -0.2) is 0 Å². The minimum absolute atomic E-state index is 0. The summed E-state index contributed by atoms with van der Waals surface area (Å²) >= 11 is 1.92. The lowest BCUT2D eigenvalue weighted by Gasteiger charge is -2.05. The molecule has 1 aliphatic carbocycles. The van der Waals surface area contributed by atoms with Gasteiger partial charge in [0.25, 0.3) is 0 Å². The van der Waals surface area contributed by atoms with Crippen molar-refractivity contribution in [2.45, 2.75) is 25.8 Å². The molecule has 0 saturated heterocycles. The standard InChI is InChI=1S/C9H13NS.ClH/c1-6-5-11-9-4-7(10-2)3-8(6)9;/h5,7,10H,3-4H2,1-2H3;1H. The Bertz CT molecular complexity index is 269. The average Bonchev–Trinajstić information content (AvgIpc) is 2.53. The van der Waals surface area contributed by atoms with E-state index in [0.29, 0.717) is 6.04 Å². The van der Waals surface area contributed by atoms with Gasteiger partial charge in [-0.2, -0.15) is 0 Å². The number of halogens is 1. The van der Waals surface area contributed by atoms with Gasteiger partial charge in [-0.15, -0.1) is 23.7 Å². The van der Waals surface area contributed by atoms with Crippen LogP contribution in [0.3, 0.4) is 0 Å². The smallest absolute Gasteiger partial charge is 0.0153 e. The summed E-state index contributed by atoms with van der Waals surface area (Å²) in [5, 5.41) is 5.61. The quantitative estimate of drug-likeness (QED) is 0.738. The van der Waals surface area contributed by atoms with E-state index < -0.39 is 0 Å². The first-order chi connectivity index (χ1) is 5.31. The summed E-state index contributed by atoms with van der Waals surface area (Å²) in [5.74, 6) is 0. The zero-order valence-corrected chi connectivity index (χ0v) is 9.02. The van der Waals surface area contributed by atoms with Gasteiger partial charge in [-0.05, 0) is 43.3 Å². The van der Waals surface area contributed by atoms with Crippen LogP contribution in [0.2, 0.25) is 0 Å². The van der Waals surface area contributed by atoms with Crippen molar-refractivity contribution in [1.29, 1.82) is 0 Å². The van der Waals surface area contributed by atoms with Gasteiger partial charge in [0.2, 0.25) is 0 Å². The summed E-state index contributed by atoms with van der Waals surface area (Å²) in [6.07, 6.45) is 2.48. The van der Waals surface area contributed by atoms with Crippen LogP contribution in [-0.2, 0) is 12.8 Å². The molecule has 1 aromatic heterocycles. The third-order valence-corrected chi connectivity index (χ3v) is 3.65. The lowest BCUT2D eigenvalue weighted by molar-refractivity contribution is 0.594. The molecule has 12 heavy (non-hydrogen) atoms. The number of thiophene rings is 1. The first-order valence-corrected chi connectivity index (χ1v) is 4.92. The Balaban J connectivity index is 0.000000720. The van der Waals surface area contributed by atoms with Crippen LogP contribution >= 0.6 is 23.7 Å². The van der Waals surface area contributed by atoms with Crippen molar-refractivity contribution in [3.63, 3.8) is 0 Å². The van der Waals surface area contributed by atoms with E-state index in [9.17, 15) is 0 Å². The van der Waals surface area contributed by atoms with Gasteiger partial charge >= 0.3 is 0 Å². The van der Waals surface area contributed by atoms with Gasteiger partial charge in [-0.1, -0.05) is 0 Å². The Morgan fingerprint density at radius 2 is 2.25 bits per heavy atom. The molecule has 0 saturated carbocycles. The minimum Gasteiger partial charge on any atom is -0.316 e. The van der Waals surface area contributed by atoms with Crippen LogP contribution < -0.4 is 5.32 Å². The maximum atomic E-state index is 3.33. The van der Waals surface area contributed by atoms with Crippen molar-refractivity contribution in [3.05, 3.63) is 21.4 Å². The minimum atomic E-state index is 0. The fourth-order valence-electron chi connectivity index (χ4n) is 1.71. The highest BCUT2D eigenvalue weighted by molar-refractivity contribution is 7.10. The summed E-state index contributed by atoms with van der Waals surface area (Å²) in [7, 11) is 2.05. The van der Waals surface area contributed by atoms with Gasteiger partial charge in [0, 0.05) is 10.9 Å². The van der Waals surface area contributed by atoms with E-state index in [1.54, 1.807) is 10.4 Å². The number of fused-ring (bicyclic) bond motifs is 1. The third-order valence-electron chi connectivity index (χ3n) is 2.48. The van der Waals surface area contributed by atoms with Crippen LogP contribution in [0.25, 0.3) is 0 Å². The van der Waals surface area contributed by atoms with E-state index in [4.69, 9.17) is 0 Å². The topological polar surface area (TPSA) is 12.0 Å². The summed E-state index contributed by atoms with van der Waals surface area (Å²) in [6, 6.07) is 0.705. The molecule has 1 N–H and O–H groups in total. The van der Waals surface area contributed by atoms with Crippen molar-refractivity contribution in [1.82, 2.24) is 5.32 Å². The first-order valence-electron chi connectivity index (χ1n) is 4.04. The monoisotopic (exact) mass is 203 g/mol. The van der Waals surface area contributed by atoms with E-state index in [0.717, 1.165) is 0 Å². The number of likely N-dealkylation sites (N-methyl/N-ethyl adjacent to an activating group) is 1. The van der Waals surface area contributed by atoms with E-state index in [1.165, 1.54) is 18.4 Å². The fraction of sp³-hybridized carbons (Fsp3) is 0.556. The molecule has 3 heteroatoms. The van der Waals surface area contributed by atoms with Crippen molar-refractivity contribution >= 4 is 23.7 Å². The summed E-state index contributed by atoms with van der Waals surface area (Å²) < 4.78 is 0. The largest absolute Gasteiger partial charge is 0.316 e. The molecule has 1 unspecified atom stereocenters. The van der Waals surface area contributed by atoms with Crippen LogP contribution in [0.1, 0.15) is 16.0 Å². The van der Waals surface area contributed by atoms with E-state index in [2.05, 4.69) is 24.7 Å². The molecule has 0 bridgehead atoms. The van der Waals surface area contributed by atoms with Gasteiger partial charge in [0.1, 0.15) is 0 Å². The number of hydrogen-bond donors (Lipinski definition) is 1. The predicted molar refractivity (Wildman–Crippen MR) is 56.6 cm³/mol. The van der Waals surface area contributed by atoms with Crippen LogP contribution in [0.4, 0.5) is 0 Å². The second-order valence-electron chi connectivity index (χ2n) is 3.21. The highest BCUT2D eigenvalue weighted by Gasteiger charge is 2.22. The number of aryl methyl sites for hydroxylation is 1. The maximum absolute atomic E-state index is 3.33. The molecule has 1 nitrogen and oxygen atoms in total. The average molecular weight is 204 g/mol. The molecular weight excluding hydrogens is 190 g/mol. The Kier molecular flexibility index (Phi) is 3.16. The number of hydrogen-bond acceptors (Lipinski definition) is 2. The molecule has 0 radical (unpaired) electrons. The second-order valence-corrected chi connectivity index (χ2v) is 4.18. The molecule has 1 atom stereocenters. The summed E-state index contributed by atoms with van der Waals surface area (Å²) in [4.78, 5) is 1.60. The van der Waals surface area contributed by atoms with Crippen LogP contribution in [0.15, 0.2) is 5.38 Å². The number of rotatable bonds is 1. The van der Waals surface area contributed by atoms with Crippen molar-refractivity contribution in [2.75, 3.05) is 7.05 Å². The van der Waals surface area contributed by atoms with Crippen molar-refractivity contribution in [3.8, 4) is 0 Å². The zero-order chi connectivity index (χ0) is 7.84. The molecule has 1 aromatic rings. The molecule has 68 valence electrons. The molecule has 0 amide bonds. The molecule has 0 spiro atoms. The Hall–Kier alpha value is -0.0500. The zero-order valence-electron chi connectivity index (χ0n) is 7.39. The fourth-order valence-corrected chi connectivity index (χ4v) is 2.86. The van der Waals surface area contributed by atoms with Gasteiger partial charge < -0.3 is 5.32 Å². The van der Waals surface area contributed by atoms with Crippen LogP contribution in [0.5, 0.6) is 0 Å². The van der Waals surface area contributed by atoms with Crippen molar-refractivity contribution < 1.29 is 0 Å².